The number of aliphatic hydroxyl groups is 1. The summed E-state index contributed by atoms with van der Waals surface area (Å²) in [4.78, 5) is 0. The van der Waals surface area contributed by atoms with Crippen LogP contribution in [0.1, 0.15) is 23.6 Å². The molecule has 4 rings (SSSR count). The molecule has 1 fully saturated rings. The SMILES string of the molecule is C[C@@H]1O[C@@H](OCCO)[C@@H](OCc2ccccc2)[C@H](OCc2ccccc2)[C@@H]1OCc1ccccc1. The molecule has 0 unspecified atom stereocenters. The lowest BCUT2D eigenvalue weighted by atomic mass is 9.98. The molecule has 3 aromatic carbocycles. The van der Waals surface area contributed by atoms with E-state index in [0.717, 1.165) is 16.7 Å². The Kier molecular flexibility index (Phi) is 9.84. The first-order chi connectivity index (χ1) is 17.2. The van der Waals surface area contributed by atoms with Gasteiger partial charge in [0.1, 0.15) is 18.3 Å². The molecule has 6 nitrogen and oxygen atoms in total. The molecule has 0 amide bonds. The summed E-state index contributed by atoms with van der Waals surface area (Å²) in [5.74, 6) is 0. The van der Waals surface area contributed by atoms with Gasteiger partial charge in [-0.15, -0.1) is 0 Å². The molecule has 0 aliphatic carbocycles. The standard InChI is InChI=1S/C29H34O6/c1-22-26(32-19-23-11-5-2-6-12-23)27(33-20-24-13-7-3-8-14-24)28(29(35-22)31-18-17-30)34-21-25-15-9-4-10-16-25/h2-16,22,26-30H,17-21H2,1H3/t22-,26+,27+,28-,29+/m0/s1. The van der Waals surface area contributed by atoms with Crippen LogP contribution >= 0.6 is 0 Å². The molecule has 1 N–H and O–H groups in total. The van der Waals surface area contributed by atoms with Crippen molar-refractivity contribution in [3.05, 3.63) is 108 Å². The van der Waals surface area contributed by atoms with Crippen LogP contribution < -0.4 is 0 Å². The summed E-state index contributed by atoms with van der Waals surface area (Å²) < 4.78 is 31.3. The average molecular weight is 479 g/mol. The van der Waals surface area contributed by atoms with Crippen molar-refractivity contribution >= 4 is 0 Å². The minimum atomic E-state index is -0.696. The van der Waals surface area contributed by atoms with Crippen molar-refractivity contribution in [2.75, 3.05) is 13.2 Å². The van der Waals surface area contributed by atoms with Crippen LogP contribution in [0.25, 0.3) is 0 Å². The summed E-state index contributed by atoms with van der Waals surface area (Å²) >= 11 is 0. The van der Waals surface area contributed by atoms with E-state index in [1.807, 2.05) is 97.9 Å². The fraction of sp³-hybridized carbons (Fsp3) is 0.379. The lowest BCUT2D eigenvalue weighted by Crippen LogP contribution is -2.60. The normalized spacial score (nSPS) is 24.3. The highest BCUT2D eigenvalue weighted by atomic mass is 16.7. The highest BCUT2D eigenvalue weighted by Crippen LogP contribution is 2.31. The fourth-order valence-electron chi connectivity index (χ4n) is 4.17. The van der Waals surface area contributed by atoms with Crippen LogP contribution in [0.4, 0.5) is 0 Å². The molecule has 1 heterocycles. The Morgan fingerprint density at radius 3 is 1.49 bits per heavy atom. The molecule has 35 heavy (non-hydrogen) atoms. The van der Waals surface area contributed by atoms with Gasteiger partial charge in [-0.3, -0.25) is 0 Å². The average Bonchev–Trinajstić information content (AvgIpc) is 2.91. The predicted octanol–water partition coefficient (Wildman–Crippen LogP) is 4.50. The maximum Gasteiger partial charge on any atom is 0.186 e. The molecule has 186 valence electrons. The molecular formula is C29H34O6. The third-order valence-corrected chi connectivity index (χ3v) is 5.96. The molecule has 5 atom stereocenters. The largest absolute Gasteiger partial charge is 0.394 e. The Hall–Kier alpha value is -2.58. The number of aliphatic hydroxyl groups excluding tert-OH is 1. The second kappa shape index (κ2) is 13.5. The van der Waals surface area contributed by atoms with E-state index >= 15 is 0 Å². The molecule has 0 bridgehead atoms. The topological polar surface area (TPSA) is 66.4 Å². The van der Waals surface area contributed by atoms with Crippen LogP contribution in [-0.2, 0) is 43.5 Å². The van der Waals surface area contributed by atoms with E-state index in [4.69, 9.17) is 23.7 Å². The van der Waals surface area contributed by atoms with Crippen LogP contribution in [0.2, 0.25) is 0 Å². The monoisotopic (exact) mass is 478 g/mol. The van der Waals surface area contributed by atoms with Gasteiger partial charge in [0, 0.05) is 0 Å². The molecule has 0 spiro atoms. The summed E-state index contributed by atoms with van der Waals surface area (Å²) in [7, 11) is 0. The number of hydrogen-bond donors (Lipinski definition) is 1. The minimum Gasteiger partial charge on any atom is -0.394 e. The first kappa shape index (κ1) is 25.5. The van der Waals surface area contributed by atoms with Gasteiger partial charge in [-0.2, -0.15) is 0 Å². The summed E-state index contributed by atoms with van der Waals surface area (Å²) in [5.41, 5.74) is 3.17. The van der Waals surface area contributed by atoms with Crippen LogP contribution in [0.5, 0.6) is 0 Å². The van der Waals surface area contributed by atoms with Crippen molar-refractivity contribution in [2.45, 2.75) is 57.5 Å². The molecule has 3 aromatic rings. The lowest BCUT2D eigenvalue weighted by Gasteiger charge is -2.45. The molecule has 0 aromatic heterocycles. The van der Waals surface area contributed by atoms with Gasteiger partial charge in [0.05, 0.1) is 39.1 Å². The summed E-state index contributed by atoms with van der Waals surface area (Å²) in [5, 5.41) is 9.36. The van der Waals surface area contributed by atoms with E-state index in [1.165, 1.54) is 0 Å². The molecule has 0 radical (unpaired) electrons. The molecular weight excluding hydrogens is 444 g/mol. The van der Waals surface area contributed by atoms with Crippen molar-refractivity contribution in [2.24, 2.45) is 0 Å². The predicted molar refractivity (Wildman–Crippen MR) is 132 cm³/mol. The molecule has 0 saturated carbocycles. The molecule has 1 aliphatic heterocycles. The minimum absolute atomic E-state index is 0.108. The number of rotatable bonds is 12. The molecule has 1 saturated heterocycles. The van der Waals surface area contributed by atoms with Gasteiger partial charge in [-0.05, 0) is 23.6 Å². The van der Waals surface area contributed by atoms with Gasteiger partial charge in [-0.25, -0.2) is 0 Å². The quantitative estimate of drug-likeness (QED) is 0.414. The Morgan fingerprint density at radius 2 is 1.03 bits per heavy atom. The Morgan fingerprint density at radius 1 is 0.600 bits per heavy atom. The zero-order valence-corrected chi connectivity index (χ0v) is 20.1. The Bertz CT molecular complexity index is 968. The van der Waals surface area contributed by atoms with E-state index in [2.05, 4.69) is 0 Å². The molecule has 1 aliphatic rings. The van der Waals surface area contributed by atoms with Crippen LogP contribution in [0, 0.1) is 0 Å². The Balaban J connectivity index is 1.55. The second-order valence-electron chi connectivity index (χ2n) is 8.59. The van der Waals surface area contributed by atoms with Gasteiger partial charge < -0.3 is 28.8 Å². The van der Waals surface area contributed by atoms with Gasteiger partial charge in [-0.1, -0.05) is 91.0 Å². The summed E-state index contributed by atoms with van der Waals surface area (Å²) in [6.45, 7) is 3.20. The van der Waals surface area contributed by atoms with Gasteiger partial charge in [0.15, 0.2) is 6.29 Å². The smallest absolute Gasteiger partial charge is 0.186 e. The second-order valence-corrected chi connectivity index (χ2v) is 8.59. The van der Waals surface area contributed by atoms with Gasteiger partial charge in [0.25, 0.3) is 0 Å². The number of ether oxygens (including phenoxy) is 5. The fourth-order valence-corrected chi connectivity index (χ4v) is 4.17. The maximum absolute atomic E-state index is 9.36. The lowest BCUT2D eigenvalue weighted by molar-refractivity contribution is -0.320. The van der Waals surface area contributed by atoms with Crippen LogP contribution in [0.3, 0.4) is 0 Å². The van der Waals surface area contributed by atoms with E-state index in [9.17, 15) is 5.11 Å². The van der Waals surface area contributed by atoms with Crippen LogP contribution in [-0.4, -0.2) is 49.0 Å². The van der Waals surface area contributed by atoms with Crippen molar-refractivity contribution < 1.29 is 28.8 Å². The van der Waals surface area contributed by atoms with E-state index in [1.54, 1.807) is 0 Å². The third kappa shape index (κ3) is 7.45. The van der Waals surface area contributed by atoms with Crippen molar-refractivity contribution in [3.63, 3.8) is 0 Å². The van der Waals surface area contributed by atoms with Gasteiger partial charge >= 0.3 is 0 Å². The van der Waals surface area contributed by atoms with Crippen molar-refractivity contribution in [1.82, 2.24) is 0 Å². The third-order valence-electron chi connectivity index (χ3n) is 5.96. The van der Waals surface area contributed by atoms with Gasteiger partial charge in [0.2, 0.25) is 0 Å². The van der Waals surface area contributed by atoms with E-state index < -0.39 is 18.5 Å². The Labute approximate surface area is 207 Å². The first-order valence-electron chi connectivity index (χ1n) is 12.1. The summed E-state index contributed by atoms with van der Waals surface area (Å²) in [6, 6.07) is 30.0. The zero-order valence-electron chi connectivity index (χ0n) is 20.1. The molecule has 6 heteroatoms. The first-order valence-corrected chi connectivity index (χ1v) is 12.1. The van der Waals surface area contributed by atoms with E-state index in [-0.39, 0.29) is 25.4 Å². The van der Waals surface area contributed by atoms with E-state index in [0.29, 0.717) is 19.8 Å². The number of benzene rings is 3. The zero-order chi connectivity index (χ0) is 24.3. The summed E-state index contributed by atoms with van der Waals surface area (Å²) in [6.07, 6.45) is -2.39. The van der Waals surface area contributed by atoms with Crippen molar-refractivity contribution in [3.8, 4) is 0 Å². The van der Waals surface area contributed by atoms with Crippen LogP contribution in [0.15, 0.2) is 91.0 Å². The highest BCUT2D eigenvalue weighted by molar-refractivity contribution is 5.15. The number of hydrogen-bond acceptors (Lipinski definition) is 6. The highest BCUT2D eigenvalue weighted by Gasteiger charge is 2.47. The van der Waals surface area contributed by atoms with Crippen molar-refractivity contribution in [1.29, 1.82) is 0 Å². The maximum atomic E-state index is 9.36.